The van der Waals surface area contributed by atoms with Gasteiger partial charge in [0, 0.05) is 0 Å². The average Bonchev–Trinajstić information content (AvgIpc) is 2.15. The number of carbonyl (C=O) groups excluding carboxylic acids is 1. The summed E-state index contributed by atoms with van der Waals surface area (Å²) >= 11 is 0. The highest BCUT2D eigenvalue weighted by Gasteiger charge is 2.12. The van der Waals surface area contributed by atoms with Crippen molar-refractivity contribution < 1.29 is 19.4 Å². The maximum atomic E-state index is 11.0. The van der Waals surface area contributed by atoms with Gasteiger partial charge in [-0.3, -0.25) is 9.59 Å². The summed E-state index contributed by atoms with van der Waals surface area (Å²) in [6, 6.07) is 0. The highest BCUT2D eigenvalue weighted by atomic mass is 16.5. The van der Waals surface area contributed by atoms with Crippen LogP contribution in [0, 0.1) is 0 Å². The Morgan fingerprint density at radius 3 is 2.38 bits per heavy atom. The minimum absolute atomic E-state index is 0.173. The van der Waals surface area contributed by atoms with Crippen LogP contribution in [-0.4, -0.2) is 23.1 Å². The summed E-state index contributed by atoms with van der Waals surface area (Å²) in [4.78, 5) is 21.2. The number of carboxylic acids is 1. The predicted molar refractivity (Wildman–Crippen MR) is 61.2 cm³/mol. The first-order valence-electron chi connectivity index (χ1n) is 5.97. The van der Waals surface area contributed by atoms with Gasteiger partial charge in [-0.15, -0.1) is 0 Å². The normalized spacial score (nSPS) is 12.1. The van der Waals surface area contributed by atoms with E-state index >= 15 is 0 Å². The van der Waals surface area contributed by atoms with E-state index in [4.69, 9.17) is 9.84 Å². The number of hydrogen-bond donors (Lipinski definition) is 1. The maximum Gasteiger partial charge on any atom is 0.317 e. The summed E-state index contributed by atoms with van der Waals surface area (Å²) in [5, 5.41) is 8.37. The summed E-state index contributed by atoms with van der Waals surface area (Å²) in [5.74, 6) is -1.78. The SMILES string of the molecule is CCCCCCCC(C)OC(=O)CC(=O)O. The van der Waals surface area contributed by atoms with Gasteiger partial charge in [0.2, 0.25) is 0 Å². The Kier molecular flexibility index (Phi) is 8.58. The van der Waals surface area contributed by atoms with E-state index in [1.165, 1.54) is 19.3 Å². The molecule has 4 heteroatoms. The van der Waals surface area contributed by atoms with Crippen molar-refractivity contribution in [1.29, 1.82) is 0 Å². The summed E-state index contributed by atoms with van der Waals surface area (Å²) < 4.78 is 4.95. The highest BCUT2D eigenvalue weighted by Crippen LogP contribution is 2.09. The van der Waals surface area contributed by atoms with Crippen molar-refractivity contribution >= 4 is 11.9 Å². The zero-order valence-corrected chi connectivity index (χ0v) is 10.2. The lowest BCUT2D eigenvalue weighted by molar-refractivity contribution is -0.154. The number of aliphatic carboxylic acids is 1. The third kappa shape index (κ3) is 9.49. The van der Waals surface area contributed by atoms with E-state index in [0.717, 1.165) is 19.3 Å². The fourth-order valence-electron chi connectivity index (χ4n) is 1.48. The molecule has 16 heavy (non-hydrogen) atoms. The molecule has 0 aliphatic heterocycles. The first kappa shape index (κ1) is 14.9. The molecule has 0 saturated carbocycles. The summed E-state index contributed by atoms with van der Waals surface area (Å²) in [7, 11) is 0. The molecule has 1 N–H and O–H groups in total. The molecule has 0 heterocycles. The quantitative estimate of drug-likeness (QED) is 0.376. The third-order valence-electron chi connectivity index (χ3n) is 2.34. The van der Waals surface area contributed by atoms with Crippen LogP contribution in [0.1, 0.15) is 58.8 Å². The maximum absolute atomic E-state index is 11.0. The number of unbranched alkanes of at least 4 members (excludes halogenated alkanes) is 4. The molecule has 0 aromatic rings. The summed E-state index contributed by atoms with van der Waals surface area (Å²) in [6.45, 7) is 3.97. The predicted octanol–water partition coefficient (Wildman–Crippen LogP) is 2.75. The molecule has 0 spiro atoms. The Bertz CT molecular complexity index is 213. The molecule has 0 aromatic carbocycles. The second-order valence-corrected chi connectivity index (χ2v) is 4.07. The van der Waals surface area contributed by atoms with Crippen LogP contribution in [0.15, 0.2) is 0 Å². The average molecular weight is 230 g/mol. The van der Waals surface area contributed by atoms with E-state index in [9.17, 15) is 9.59 Å². The monoisotopic (exact) mass is 230 g/mol. The number of carboxylic acid groups (broad SMARTS) is 1. The van der Waals surface area contributed by atoms with Crippen LogP contribution in [0.4, 0.5) is 0 Å². The van der Waals surface area contributed by atoms with Gasteiger partial charge in [0.1, 0.15) is 6.42 Å². The van der Waals surface area contributed by atoms with Gasteiger partial charge in [-0.1, -0.05) is 32.6 Å². The molecule has 0 aromatic heterocycles. The van der Waals surface area contributed by atoms with E-state index in [0.29, 0.717) is 0 Å². The summed E-state index contributed by atoms with van der Waals surface area (Å²) in [5.41, 5.74) is 0. The van der Waals surface area contributed by atoms with Gasteiger partial charge < -0.3 is 9.84 Å². The molecular formula is C12H22O4. The summed E-state index contributed by atoms with van der Waals surface area (Å²) in [6.07, 6.45) is 5.95. The van der Waals surface area contributed by atoms with E-state index in [2.05, 4.69) is 6.92 Å². The topological polar surface area (TPSA) is 63.6 Å². The molecular weight excluding hydrogens is 208 g/mol. The van der Waals surface area contributed by atoms with Crippen molar-refractivity contribution in [2.24, 2.45) is 0 Å². The van der Waals surface area contributed by atoms with Gasteiger partial charge in [0.25, 0.3) is 0 Å². The number of rotatable bonds is 9. The Morgan fingerprint density at radius 2 is 1.81 bits per heavy atom. The zero-order valence-electron chi connectivity index (χ0n) is 10.2. The van der Waals surface area contributed by atoms with Crippen LogP contribution in [0.25, 0.3) is 0 Å². The third-order valence-corrected chi connectivity index (χ3v) is 2.34. The van der Waals surface area contributed by atoms with Crippen LogP contribution in [0.3, 0.4) is 0 Å². The fourth-order valence-corrected chi connectivity index (χ4v) is 1.48. The number of ether oxygens (including phenoxy) is 1. The molecule has 0 saturated heterocycles. The van der Waals surface area contributed by atoms with Crippen LogP contribution in [0.2, 0.25) is 0 Å². The van der Waals surface area contributed by atoms with E-state index in [1.807, 2.05) is 0 Å². The fraction of sp³-hybridized carbons (Fsp3) is 0.833. The first-order chi connectivity index (χ1) is 7.56. The van der Waals surface area contributed by atoms with Crippen molar-refractivity contribution in [3.63, 3.8) is 0 Å². The van der Waals surface area contributed by atoms with Crippen LogP contribution >= 0.6 is 0 Å². The van der Waals surface area contributed by atoms with Crippen LogP contribution < -0.4 is 0 Å². The van der Waals surface area contributed by atoms with Crippen molar-refractivity contribution in [1.82, 2.24) is 0 Å². The molecule has 0 bridgehead atoms. The number of hydrogen-bond acceptors (Lipinski definition) is 3. The molecule has 0 amide bonds. The van der Waals surface area contributed by atoms with Crippen molar-refractivity contribution in [3.8, 4) is 0 Å². The molecule has 0 aliphatic carbocycles. The lowest BCUT2D eigenvalue weighted by Gasteiger charge is -2.12. The Hall–Kier alpha value is -1.06. The van der Waals surface area contributed by atoms with Crippen LogP contribution in [-0.2, 0) is 14.3 Å². The van der Waals surface area contributed by atoms with Crippen molar-refractivity contribution in [2.75, 3.05) is 0 Å². The Labute approximate surface area is 97.0 Å². The standard InChI is InChI=1S/C12H22O4/c1-3-4-5-6-7-8-10(2)16-12(15)9-11(13)14/h10H,3-9H2,1-2H3,(H,13,14). The van der Waals surface area contributed by atoms with Gasteiger partial charge in [0.15, 0.2) is 0 Å². The Morgan fingerprint density at radius 1 is 1.19 bits per heavy atom. The van der Waals surface area contributed by atoms with Crippen LogP contribution in [0.5, 0.6) is 0 Å². The Balaban J connectivity index is 3.46. The van der Waals surface area contributed by atoms with Gasteiger partial charge >= 0.3 is 11.9 Å². The smallest absolute Gasteiger partial charge is 0.317 e. The molecule has 0 radical (unpaired) electrons. The largest absolute Gasteiger partial charge is 0.481 e. The molecule has 0 aliphatic rings. The molecule has 94 valence electrons. The van der Waals surface area contributed by atoms with Gasteiger partial charge in [-0.2, -0.15) is 0 Å². The van der Waals surface area contributed by atoms with Crippen molar-refractivity contribution in [2.45, 2.75) is 64.9 Å². The minimum atomic E-state index is -1.14. The second-order valence-electron chi connectivity index (χ2n) is 4.07. The first-order valence-corrected chi connectivity index (χ1v) is 5.97. The second kappa shape index (κ2) is 9.19. The van der Waals surface area contributed by atoms with Gasteiger partial charge in [-0.25, -0.2) is 0 Å². The molecule has 1 unspecified atom stereocenters. The van der Waals surface area contributed by atoms with E-state index in [-0.39, 0.29) is 6.10 Å². The lowest BCUT2D eigenvalue weighted by Crippen LogP contribution is -2.17. The van der Waals surface area contributed by atoms with E-state index < -0.39 is 18.4 Å². The van der Waals surface area contributed by atoms with E-state index in [1.54, 1.807) is 6.92 Å². The molecule has 0 fully saturated rings. The molecule has 0 rings (SSSR count). The highest BCUT2D eigenvalue weighted by molar-refractivity contribution is 5.90. The lowest BCUT2D eigenvalue weighted by atomic mass is 10.1. The van der Waals surface area contributed by atoms with Crippen molar-refractivity contribution in [3.05, 3.63) is 0 Å². The minimum Gasteiger partial charge on any atom is -0.481 e. The zero-order chi connectivity index (χ0) is 12.4. The number of carbonyl (C=O) groups is 2. The molecule has 1 atom stereocenters. The van der Waals surface area contributed by atoms with Gasteiger partial charge in [-0.05, 0) is 19.8 Å². The molecule has 4 nitrogen and oxygen atoms in total. The van der Waals surface area contributed by atoms with Gasteiger partial charge in [0.05, 0.1) is 6.10 Å². The number of esters is 1.